The number of nitrogens with zero attached hydrogens (tertiary/aromatic N) is 1. The zero-order valence-electron chi connectivity index (χ0n) is 8.61. The third-order valence-corrected chi connectivity index (χ3v) is 2.62. The normalized spacial score (nSPS) is 17.5. The molecule has 0 bridgehead atoms. The number of carbonyl (C=O) groups excluding carboxylic acids is 4. The van der Waals surface area contributed by atoms with Crippen molar-refractivity contribution in [1.29, 1.82) is 0 Å². The quantitative estimate of drug-likeness (QED) is 0.520. The van der Waals surface area contributed by atoms with Crippen molar-refractivity contribution in [3.8, 4) is 0 Å². The number of hydrogen-bond donors (Lipinski definition) is 0. The molecule has 0 atom stereocenters. The second kappa shape index (κ2) is 5.06. The fourth-order valence-electron chi connectivity index (χ4n) is 1.08. The fourth-order valence-corrected chi connectivity index (χ4v) is 1.65. The molecule has 0 radical (unpaired) electrons. The van der Waals surface area contributed by atoms with E-state index in [4.69, 9.17) is 4.53 Å². The number of imide groups is 1. The Morgan fingerprint density at radius 3 is 2.33 bits per heavy atom. The first-order valence-corrected chi connectivity index (χ1v) is 5.44. The van der Waals surface area contributed by atoms with Crippen LogP contribution in [0.2, 0.25) is 0 Å². The Labute approximate surface area is 91.5 Å². The van der Waals surface area contributed by atoms with Crippen LogP contribution in [0.25, 0.3) is 0 Å². The monoisotopic (exact) mass is 230 g/mol. The molecule has 0 aromatic carbocycles. The molecule has 1 aliphatic heterocycles. The summed E-state index contributed by atoms with van der Waals surface area (Å²) in [4.78, 5) is 33.2. The molecular weight excluding hydrogens is 218 g/mol. The highest BCUT2D eigenvalue weighted by Crippen LogP contribution is 2.13. The maximum atomic E-state index is 11.2. The predicted molar refractivity (Wildman–Crippen MR) is 54.7 cm³/mol. The molecule has 0 aromatic heterocycles. The van der Waals surface area contributed by atoms with E-state index in [1.54, 1.807) is 6.92 Å². The number of rotatable bonds is 2. The molecule has 1 aliphatic rings. The maximum absolute atomic E-state index is 11.2. The lowest BCUT2D eigenvalue weighted by Crippen LogP contribution is -2.28. The van der Waals surface area contributed by atoms with Gasteiger partial charge in [0.1, 0.15) is 0 Å². The minimum atomic E-state index is -0.352. The van der Waals surface area contributed by atoms with Gasteiger partial charge < -0.3 is 0 Å². The standard InChI is InChI=1S/C9H12NO4S/c1-3-9(15-6(2)11)14-10-7(12)4-5-8(10)13/h3-5H2,1-2H3/q+1. The van der Waals surface area contributed by atoms with Crippen molar-refractivity contribution in [1.82, 2.24) is 5.06 Å². The van der Waals surface area contributed by atoms with E-state index in [-0.39, 0.29) is 29.8 Å². The van der Waals surface area contributed by atoms with Crippen LogP contribution in [0.5, 0.6) is 0 Å². The Morgan fingerprint density at radius 1 is 1.40 bits per heavy atom. The third kappa shape index (κ3) is 3.16. The maximum Gasteiger partial charge on any atom is 0.415 e. The zero-order valence-corrected chi connectivity index (χ0v) is 9.43. The van der Waals surface area contributed by atoms with Gasteiger partial charge in [-0.05, 0) is 0 Å². The Morgan fingerprint density at radius 2 is 1.93 bits per heavy atom. The highest BCUT2D eigenvalue weighted by atomic mass is 32.2. The summed E-state index contributed by atoms with van der Waals surface area (Å²) in [6.45, 7) is 3.19. The van der Waals surface area contributed by atoms with E-state index in [9.17, 15) is 14.4 Å². The second-order valence-electron chi connectivity index (χ2n) is 2.99. The number of amides is 2. The van der Waals surface area contributed by atoms with Crippen LogP contribution in [-0.2, 0) is 18.9 Å². The first-order chi connectivity index (χ1) is 7.04. The molecule has 1 heterocycles. The van der Waals surface area contributed by atoms with Crippen LogP contribution in [0.4, 0.5) is 0 Å². The van der Waals surface area contributed by atoms with Crippen molar-refractivity contribution in [3.63, 3.8) is 0 Å². The van der Waals surface area contributed by atoms with Crippen LogP contribution in [0, 0.1) is 0 Å². The van der Waals surface area contributed by atoms with E-state index in [1.807, 2.05) is 0 Å². The van der Waals surface area contributed by atoms with Crippen LogP contribution in [0.15, 0.2) is 0 Å². The average molecular weight is 230 g/mol. The molecule has 15 heavy (non-hydrogen) atoms. The Hall–Kier alpha value is -1.17. The smallest absolute Gasteiger partial charge is 0.287 e. The Kier molecular flexibility index (Phi) is 4.02. The van der Waals surface area contributed by atoms with Crippen molar-refractivity contribution in [3.05, 3.63) is 0 Å². The lowest BCUT2D eigenvalue weighted by atomic mass is 10.4. The van der Waals surface area contributed by atoms with E-state index in [2.05, 4.69) is 0 Å². The average Bonchev–Trinajstić information content (AvgIpc) is 2.47. The largest absolute Gasteiger partial charge is 0.415 e. The van der Waals surface area contributed by atoms with Crippen molar-refractivity contribution in [2.45, 2.75) is 33.1 Å². The number of thioether (sulfide) groups is 1. The minimum absolute atomic E-state index is 0.133. The first-order valence-electron chi connectivity index (χ1n) is 4.62. The molecule has 5 nitrogen and oxygen atoms in total. The summed E-state index contributed by atoms with van der Waals surface area (Å²) in [6.07, 6.45) is 0.836. The topological polar surface area (TPSA) is 65.8 Å². The Balaban J connectivity index is 2.78. The highest BCUT2D eigenvalue weighted by molar-refractivity contribution is 8.26. The summed E-state index contributed by atoms with van der Waals surface area (Å²) in [6, 6.07) is 0. The summed E-state index contributed by atoms with van der Waals surface area (Å²) >= 11 is 0.900. The van der Waals surface area contributed by atoms with Crippen LogP contribution in [-0.4, -0.2) is 27.1 Å². The van der Waals surface area contributed by atoms with Gasteiger partial charge in [0.05, 0.1) is 23.2 Å². The summed E-state index contributed by atoms with van der Waals surface area (Å²) in [5, 5.41) is 0.978. The van der Waals surface area contributed by atoms with Gasteiger partial charge in [0.2, 0.25) is 0 Å². The molecular formula is C9H12NO4S+. The van der Waals surface area contributed by atoms with E-state index >= 15 is 0 Å². The molecule has 2 amide bonds. The van der Waals surface area contributed by atoms with Crippen LogP contribution in [0.1, 0.15) is 33.1 Å². The molecule has 82 valence electrons. The molecule has 6 heteroatoms. The first kappa shape index (κ1) is 11.9. The fraction of sp³-hybridized carbons (Fsp3) is 0.556. The lowest BCUT2D eigenvalue weighted by molar-refractivity contribution is -0.598. The molecule has 1 fully saturated rings. The van der Waals surface area contributed by atoms with Gasteiger partial charge in [-0.2, -0.15) is 0 Å². The molecule has 1 saturated heterocycles. The number of hydrogen-bond acceptors (Lipinski definition) is 4. The Bertz CT molecular complexity index is 321. The summed E-state index contributed by atoms with van der Waals surface area (Å²) in [5.41, 5.74) is 0. The molecule has 0 N–H and O–H groups in total. The molecule has 0 aromatic rings. The van der Waals surface area contributed by atoms with E-state index in [0.29, 0.717) is 11.5 Å². The molecule has 0 unspecified atom stereocenters. The van der Waals surface area contributed by atoms with Gasteiger partial charge in [-0.1, -0.05) is 11.4 Å². The summed E-state index contributed by atoms with van der Waals surface area (Å²) in [5.74, 6) is -0.704. The van der Waals surface area contributed by atoms with Crippen molar-refractivity contribution < 1.29 is 18.9 Å². The van der Waals surface area contributed by atoms with Gasteiger partial charge in [-0.3, -0.25) is 14.4 Å². The van der Waals surface area contributed by atoms with E-state index < -0.39 is 0 Å². The summed E-state index contributed by atoms with van der Waals surface area (Å²) < 4.78 is 5.09. The van der Waals surface area contributed by atoms with Gasteiger partial charge in [0.15, 0.2) is 5.12 Å². The minimum Gasteiger partial charge on any atom is -0.287 e. The predicted octanol–water partition coefficient (Wildman–Crippen LogP) is 0.802. The van der Waals surface area contributed by atoms with Gasteiger partial charge in [0, 0.05) is 19.8 Å². The van der Waals surface area contributed by atoms with Crippen LogP contribution < -0.4 is 0 Å². The zero-order chi connectivity index (χ0) is 11.4. The van der Waals surface area contributed by atoms with Crippen molar-refractivity contribution in [2.75, 3.05) is 0 Å². The van der Waals surface area contributed by atoms with Gasteiger partial charge in [-0.15, -0.1) is 0 Å². The van der Waals surface area contributed by atoms with Gasteiger partial charge in [-0.25, -0.2) is 0 Å². The lowest BCUT2D eigenvalue weighted by Gasteiger charge is -1.93. The number of hydroxylamine groups is 2. The van der Waals surface area contributed by atoms with Crippen LogP contribution >= 0.6 is 11.8 Å². The van der Waals surface area contributed by atoms with Crippen molar-refractivity contribution in [2.24, 2.45) is 0 Å². The molecule has 0 saturated carbocycles. The molecule has 0 aliphatic carbocycles. The molecule has 0 spiro atoms. The number of carbonyl (C=O) groups is 3. The third-order valence-electron chi connectivity index (χ3n) is 1.75. The highest BCUT2D eigenvalue weighted by Gasteiger charge is 2.39. The van der Waals surface area contributed by atoms with Gasteiger partial charge >= 0.3 is 16.9 Å². The van der Waals surface area contributed by atoms with Gasteiger partial charge in [0.25, 0.3) is 0 Å². The van der Waals surface area contributed by atoms with Crippen LogP contribution in [0.3, 0.4) is 0 Å². The second-order valence-corrected chi connectivity index (χ2v) is 4.23. The van der Waals surface area contributed by atoms with Crippen molar-refractivity contribution >= 4 is 33.8 Å². The van der Waals surface area contributed by atoms with E-state index in [1.165, 1.54) is 6.92 Å². The molecule has 1 rings (SSSR count). The van der Waals surface area contributed by atoms with E-state index in [0.717, 1.165) is 16.8 Å². The SMILES string of the molecule is CCC(=[O+]N1C(=O)CCC1=O)SC(C)=O. The summed E-state index contributed by atoms with van der Waals surface area (Å²) in [7, 11) is 0.